The van der Waals surface area contributed by atoms with E-state index >= 15 is 0 Å². The van der Waals surface area contributed by atoms with E-state index in [1.807, 2.05) is 19.9 Å². The summed E-state index contributed by atoms with van der Waals surface area (Å²) < 4.78 is 2.14. The van der Waals surface area contributed by atoms with Gasteiger partial charge in [-0.2, -0.15) is 5.26 Å². The lowest BCUT2D eigenvalue weighted by molar-refractivity contribution is 0.100. The summed E-state index contributed by atoms with van der Waals surface area (Å²) in [6.45, 7) is 3.93. The quantitative estimate of drug-likeness (QED) is 0.744. The topological polar surface area (TPSA) is 123 Å². The summed E-state index contributed by atoms with van der Waals surface area (Å²) >= 11 is 0. The highest BCUT2D eigenvalue weighted by Crippen LogP contribution is 2.12. The molecule has 8 nitrogen and oxygen atoms in total. The van der Waals surface area contributed by atoms with Gasteiger partial charge in [0.05, 0.1) is 18.2 Å². The molecule has 2 aromatic rings. The minimum absolute atomic E-state index is 0.113. The van der Waals surface area contributed by atoms with Crippen LogP contribution >= 0.6 is 0 Å². The zero-order valence-corrected chi connectivity index (χ0v) is 14.9. The summed E-state index contributed by atoms with van der Waals surface area (Å²) in [7, 11) is 1.32. The Labute approximate surface area is 150 Å². The fourth-order valence-corrected chi connectivity index (χ4v) is 2.56. The predicted octanol–water partition coefficient (Wildman–Crippen LogP) is 0.952. The first kappa shape index (κ1) is 19.0. The Bertz CT molecular complexity index is 995. The van der Waals surface area contributed by atoms with Crippen LogP contribution < -0.4 is 22.3 Å². The van der Waals surface area contributed by atoms with Crippen molar-refractivity contribution in [3.63, 3.8) is 0 Å². The van der Waals surface area contributed by atoms with Crippen LogP contribution in [-0.4, -0.2) is 21.5 Å². The zero-order valence-electron chi connectivity index (χ0n) is 14.9. The lowest BCUT2D eigenvalue weighted by Gasteiger charge is -2.16. The fourth-order valence-electron chi connectivity index (χ4n) is 2.56. The van der Waals surface area contributed by atoms with Crippen molar-refractivity contribution in [3.05, 3.63) is 56.2 Å². The number of carbonyl (C=O) groups excluding carboxylic acids is 1. The maximum atomic E-state index is 12.6. The van der Waals surface area contributed by atoms with Crippen LogP contribution in [0.3, 0.4) is 0 Å². The number of nitrogens with two attached hydrogens (primary N) is 1. The average Bonchev–Trinajstić information content (AvgIpc) is 2.62. The SMILES string of the molecule is CC(C)Cn1c(N)c(C(=O)CNc2cccc(C#N)c2)c(=O)n(C)c1=O. The summed E-state index contributed by atoms with van der Waals surface area (Å²) in [6.07, 6.45) is 0. The highest BCUT2D eigenvalue weighted by atomic mass is 16.2. The number of Topliss-reactive ketones (excluding diaryl/α,β-unsaturated/α-hetero) is 1. The molecule has 0 aliphatic carbocycles. The molecule has 0 amide bonds. The number of nitriles is 1. The Hall–Kier alpha value is -3.34. The normalized spacial score (nSPS) is 10.6. The minimum Gasteiger partial charge on any atom is -0.384 e. The van der Waals surface area contributed by atoms with Crippen LogP contribution in [0.25, 0.3) is 0 Å². The molecule has 0 saturated heterocycles. The van der Waals surface area contributed by atoms with Crippen molar-refractivity contribution in [1.82, 2.24) is 9.13 Å². The minimum atomic E-state index is -0.718. The number of nitrogens with zero attached hydrogens (tertiary/aromatic N) is 3. The van der Waals surface area contributed by atoms with Crippen LogP contribution in [-0.2, 0) is 13.6 Å². The third-order valence-corrected chi connectivity index (χ3v) is 3.85. The van der Waals surface area contributed by atoms with Crippen molar-refractivity contribution in [2.75, 3.05) is 17.6 Å². The van der Waals surface area contributed by atoms with E-state index < -0.39 is 17.0 Å². The number of hydrogen-bond donors (Lipinski definition) is 2. The molecule has 136 valence electrons. The maximum absolute atomic E-state index is 12.6. The van der Waals surface area contributed by atoms with E-state index in [2.05, 4.69) is 5.32 Å². The Kier molecular flexibility index (Phi) is 5.62. The first-order valence-corrected chi connectivity index (χ1v) is 8.12. The highest BCUT2D eigenvalue weighted by Gasteiger charge is 2.21. The molecule has 0 fully saturated rings. The standard InChI is InChI=1S/C18H21N5O3/c1-11(2)10-23-16(20)15(17(25)22(3)18(23)26)14(24)9-21-13-6-4-5-12(7-13)8-19/h4-7,11,21H,9-10,20H2,1-3H3. The first-order chi connectivity index (χ1) is 12.3. The van der Waals surface area contributed by atoms with E-state index in [1.165, 1.54) is 11.6 Å². The zero-order chi connectivity index (χ0) is 19.4. The number of nitrogen functional groups attached to an aromatic ring is 1. The number of nitrogens with one attached hydrogen (secondary N) is 1. The number of rotatable bonds is 6. The Morgan fingerprint density at radius 3 is 2.65 bits per heavy atom. The second kappa shape index (κ2) is 7.70. The molecule has 8 heteroatoms. The largest absolute Gasteiger partial charge is 0.384 e. The summed E-state index contributed by atoms with van der Waals surface area (Å²) in [5.41, 5.74) is 5.52. The Morgan fingerprint density at radius 1 is 1.35 bits per heavy atom. The number of aromatic nitrogens is 2. The van der Waals surface area contributed by atoms with Crippen molar-refractivity contribution in [2.24, 2.45) is 13.0 Å². The molecule has 0 aliphatic rings. The number of carbonyl (C=O) groups is 1. The molecule has 1 aromatic carbocycles. The molecular formula is C18H21N5O3. The Morgan fingerprint density at radius 2 is 2.04 bits per heavy atom. The first-order valence-electron chi connectivity index (χ1n) is 8.12. The third kappa shape index (κ3) is 3.83. The number of ketones is 1. The van der Waals surface area contributed by atoms with Crippen molar-refractivity contribution in [2.45, 2.75) is 20.4 Å². The van der Waals surface area contributed by atoms with Crippen molar-refractivity contribution in [1.29, 1.82) is 5.26 Å². The molecule has 26 heavy (non-hydrogen) atoms. The van der Waals surface area contributed by atoms with Gasteiger partial charge in [-0.25, -0.2) is 4.79 Å². The van der Waals surface area contributed by atoms with Gasteiger partial charge >= 0.3 is 5.69 Å². The number of benzene rings is 1. The summed E-state index contributed by atoms with van der Waals surface area (Å²) in [6, 6.07) is 8.63. The molecule has 0 bridgehead atoms. The molecule has 0 aliphatic heterocycles. The molecule has 0 radical (unpaired) electrons. The molecular weight excluding hydrogens is 334 g/mol. The molecule has 0 saturated carbocycles. The van der Waals surface area contributed by atoms with Crippen LogP contribution in [0.2, 0.25) is 0 Å². The lowest BCUT2D eigenvalue weighted by Crippen LogP contribution is -2.43. The van der Waals surface area contributed by atoms with Gasteiger partial charge in [0.15, 0.2) is 5.78 Å². The molecule has 0 atom stereocenters. The van der Waals surface area contributed by atoms with Gasteiger partial charge in [-0.05, 0) is 24.1 Å². The van der Waals surface area contributed by atoms with E-state index in [0.717, 1.165) is 4.57 Å². The van der Waals surface area contributed by atoms with E-state index in [4.69, 9.17) is 11.0 Å². The van der Waals surface area contributed by atoms with Gasteiger partial charge in [-0.15, -0.1) is 0 Å². The van der Waals surface area contributed by atoms with E-state index in [9.17, 15) is 14.4 Å². The van der Waals surface area contributed by atoms with Gasteiger partial charge in [0.25, 0.3) is 5.56 Å². The van der Waals surface area contributed by atoms with Crippen LogP contribution in [0, 0.1) is 17.2 Å². The molecule has 1 heterocycles. The Balaban J connectivity index is 2.36. The van der Waals surface area contributed by atoms with Crippen LogP contribution in [0.4, 0.5) is 11.5 Å². The molecule has 0 unspecified atom stereocenters. The number of anilines is 2. The molecule has 1 aromatic heterocycles. The molecule has 3 N–H and O–H groups in total. The monoisotopic (exact) mass is 355 g/mol. The van der Waals surface area contributed by atoms with Gasteiger partial charge in [-0.3, -0.25) is 18.7 Å². The lowest BCUT2D eigenvalue weighted by atomic mass is 10.1. The van der Waals surface area contributed by atoms with Crippen LogP contribution in [0.1, 0.15) is 29.8 Å². The van der Waals surface area contributed by atoms with Gasteiger partial charge < -0.3 is 11.1 Å². The van der Waals surface area contributed by atoms with Gasteiger partial charge in [0.2, 0.25) is 0 Å². The summed E-state index contributed by atoms with van der Waals surface area (Å²) in [4.78, 5) is 37.2. The molecule has 0 spiro atoms. The van der Waals surface area contributed by atoms with Crippen molar-refractivity contribution < 1.29 is 4.79 Å². The predicted molar refractivity (Wildman–Crippen MR) is 99.2 cm³/mol. The smallest absolute Gasteiger partial charge is 0.332 e. The van der Waals surface area contributed by atoms with Crippen LogP contribution in [0.15, 0.2) is 33.9 Å². The maximum Gasteiger partial charge on any atom is 0.332 e. The fraction of sp³-hybridized carbons (Fsp3) is 0.333. The molecule has 2 rings (SSSR count). The average molecular weight is 355 g/mol. The third-order valence-electron chi connectivity index (χ3n) is 3.85. The van der Waals surface area contributed by atoms with E-state index in [-0.39, 0.29) is 23.8 Å². The summed E-state index contributed by atoms with van der Waals surface area (Å²) in [5.74, 6) is -0.533. The number of hydrogen-bond acceptors (Lipinski definition) is 6. The van der Waals surface area contributed by atoms with Gasteiger partial charge in [-0.1, -0.05) is 19.9 Å². The summed E-state index contributed by atoms with van der Waals surface area (Å²) in [5, 5.41) is 11.8. The van der Waals surface area contributed by atoms with Crippen molar-refractivity contribution in [3.8, 4) is 6.07 Å². The second-order valence-corrected chi connectivity index (χ2v) is 6.38. The van der Waals surface area contributed by atoms with Crippen molar-refractivity contribution >= 4 is 17.3 Å². The van der Waals surface area contributed by atoms with E-state index in [0.29, 0.717) is 17.8 Å². The van der Waals surface area contributed by atoms with Gasteiger partial charge in [0.1, 0.15) is 11.4 Å². The second-order valence-electron chi connectivity index (χ2n) is 6.38. The highest BCUT2D eigenvalue weighted by molar-refractivity contribution is 6.02. The van der Waals surface area contributed by atoms with E-state index in [1.54, 1.807) is 24.3 Å². The van der Waals surface area contributed by atoms with Crippen LogP contribution in [0.5, 0.6) is 0 Å². The van der Waals surface area contributed by atoms with Gasteiger partial charge in [0, 0.05) is 19.3 Å².